The van der Waals surface area contributed by atoms with Crippen LogP contribution in [0.25, 0.3) is 11.0 Å². The molecule has 12 heteroatoms. The van der Waals surface area contributed by atoms with Crippen molar-refractivity contribution < 1.29 is 13.5 Å². The molecular weight excluding hydrogens is 542 g/mol. The number of anilines is 1. The van der Waals surface area contributed by atoms with Crippen LogP contribution in [0.5, 0.6) is 0 Å². The third-order valence-electron chi connectivity index (χ3n) is 8.80. The number of nitrogens with one attached hydrogen (secondary N) is 2. The zero-order valence-electron chi connectivity index (χ0n) is 23.5. The van der Waals surface area contributed by atoms with Gasteiger partial charge in [-0.25, -0.2) is 13.4 Å². The van der Waals surface area contributed by atoms with Crippen molar-refractivity contribution in [1.29, 1.82) is 0 Å². The Hall–Kier alpha value is -2.90. The fourth-order valence-electron chi connectivity index (χ4n) is 6.45. The Morgan fingerprint density at radius 3 is 2.61 bits per heavy atom. The largest absolute Gasteiger partial charge is 0.388 e. The van der Waals surface area contributed by atoms with Crippen LogP contribution < -0.4 is 16.2 Å². The van der Waals surface area contributed by atoms with E-state index in [0.29, 0.717) is 55.3 Å². The number of sulfonamides is 1. The lowest BCUT2D eigenvalue weighted by Gasteiger charge is -2.32. The summed E-state index contributed by atoms with van der Waals surface area (Å²) in [6.45, 7) is 7.13. The second-order valence-electron chi connectivity index (χ2n) is 11.8. The first-order valence-corrected chi connectivity index (χ1v) is 16.0. The number of hydrogen-bond acceptors (Lipinski definition) is 9. The highest BCUT2D eigenvalue weighted by atomic mass is 32.2. The van der Waals surface area contributed by atoms with E-state index in [1.54, 1.807) is 34.1 Å². The number of pyridine rings is 1. The van der Waals surface area contributed by atoms with Crippen molar-refractivity contribution in [3.05, 3.63) is 58.5 Å². The Labute approximate surface area is 240 Å². The van der Waals surface area contributed by atoms with Gasteiger partial charge >= 0.3 is 0 Å². The van der Waals surface area contributed by atoms with Crippen LogP contribution in [0.15, 0.2) is 52.3 Å². The number of hydrogen-bond donors (Lipinski definition) is 3. The average Bonchev–Trinajstić information content (AvgIpc) is 3.32. The van der Waals surface area contributed by atoms with Gasteiger partial charge in [0.25, 0.3) is 5.56 Å². The Morgan fingerprint density at radius 2 is 1.88 bits per heavy atom. The molecule has 3 N–H and O–H groups in total. The molecule has 3 fully saturated rings. The summed E-state index contributed by atoms with van der Waals surface area (Å²) < 4.78 is 30.2. The van der Waals surface area contributed by atoms with Gasteiger partial charge in [-0.3, -0.25) is 14.3 Å². The van der Waals surface area contributed by atoms with Crippen molar-refractivity contribution in [1.82, 2.24) is 29.1 Å². The first kappa shape index (κ1) is 28.2. The highest BCUT2D eigenvalue weighted by Crippen LogP contribution is 2.39. The molecule has 0 amide bonds. The van der Waals surface area contributed by atoms with Gasteiger partial charge in [0, 0.05) is 69.5 Å². The average molecular weight is 582 g/mol. The van der Waals surface area contributed by atoms with Crippen LogP contribution in [-0.4, -0.2) is 88.2 Å². The number of aliphatic hydroxyl groups is 1. The molecule has 2 saturated heterocycles. The second-order valence-corrected chi connectivity index (χ2v) is 13.7. The van der Waals surface area contributed by atoms with Crippen molar-refractivity contribution >= 4 is 27.0 Å². The number of aromatic nitrogens is 3. The van der Waals surface area contributed by atoms with Gasteiger partial charge in [-0.2, -0.15) is 9.29 Å². The van der Waals surface area contributed by atoms with Crippen LogP contribution in [0.1, 0.15) is 50.6 Å². The third-order valence-corrected chi connectivity index (χ3v) is 10.7. The third kappa shape index (κ3) is 5.89. The Kier molecular flexibility index (Phi) is 7.86. The Bertz CT molecular complexity index is 1560. The van der Waals surface area contributed by atoms with E-state index in [9.17, 15) is 18.3 Å². The van der Waals surface area contributed by atoms with Crippen LogP contribution in [0.4, 0.5) is 5.95 Å². The van der Waals surface area contributed by atoms with Crippen LogP contribution in [-0.2, 0) is 16.6 Å². The molecule has 6 rings (SSSR count). The monoisotopic (exact) mass is 581 g/mol. The summed E-state index contributed by atoms with van der Waals surface area (Å²) in [4.78, 5) is 24.7. The molecule has 41 heavy (non-hydrogen) atoms. The summed E-state index contributed by atoms with van der Waals surface area (Å²) in [6.07, 6.45) is 5.11. The molecular formula is C29H39N7O4S. The Morgan fingerprint density at radius 1 is 1.10 bits per heavy atom. The van der Waals surface area contributed by atoms with E-state index in [-0.39, 0.29) is 17.6 Å². The van der Waals surface area contributed by atoms with Crippen molar-refractivity contribution in [3.8, 4) is 0 Å². The standard InChI is InChI=1S/C29H39N7O4S/c1-29(38)11-3-6-25(29)36-26(37)8-7-22-19-31-28(33-27(22)36)32-23-9-14-35(15-10-23)41(39,40)24-5-2-4-21(18-24)20-34-16-12-30-13-17-34/h2,4-5,7-8,18-19,23,25,30,38H,3,6,9-17,20H2,1H3,(H,31,32,33). The normalized spacial score (nSPS) is 25.1. The van der Waals surface area contributed by atoms with E-state index in [1.165, 1.54) is 6.07 Å². The van der Waals surface area contributed by atoms with Gasteiger partial charge in [-0.1, -0.05) is 12.1 Å². The SMILES string of the molecule is CC1(O)CCCC1n1c(=O)ccc2cnc(NC3CCN(S(=O)(=O)c4cccc(CN5CCNCC5)c4)CC3)nc21. The van der Waals surface area contributed by atoms with Crippen molar-refractivity contribution in [3.63, 3.8) is 0 Å². The molecule has 11 nitrogen and oxygen atoms in total. The molecule has 2 atom stereocenters. The maximum absolute atomic E-state index is 13.5. The number of piperidine rings is 1. The molecule has 220 valence electrons. The van der Waals surface area contributed by atoms with Gasteiger partial charge in [0.2, 0.25) is 16.0 Å². The number of fused-ring (bicyclic) bond motifs is 1. The molecule has 1 aromatic carbocycles. The van der Waals surface area contributed by atoms with Gasteiger partial charge in [-0.15, -0.1) is 0 Å². The molecule has 0 spiro atoms. The van der Waals surface area contributed by atoms with Gasteiger partial charge in [-0.05, 0) is 62.8 Å². The van der Waals surface area contributed by atoms with Gasteiger partial charge in [0.15, 0.2) is 0 Å². The minimum Gasteiger partial charge on any atom is -0.388 e. The zero-order chi connectivity index (χ0) is 28.6. The molecule has 2 aromatic heterocycles. The van der Waals surface area contributed by atoms with Crippen LogP contribution in [0.3, 0.4) is 0 Å². The van der Waals surface area contributed by atoms with Crippen LogP contribution in [0.2, 0.25) is 0 Å². The van der Waals surface area contributed by atoms with E-state index in [0.717, 1.165) is 50.1 Å². The minimum absolute atomic E-state index is 0.00332. The topological polar surface area (TPSA) is 133 Å². The van der Waals surface area contributed by atoms with E-state index < -0.39 is 15.6 Å². The molecule has 4 heterocycles. The highest BCUT2D eigenvalue weighted by molar-refractivity contribution is 7.89. The first-order valence-electron chi connectivity index (χ1n) is 14.6. The summed E-state index contributed by atoms with van der Waals surface area (Å²) >= 11 is 0. The zero-order valence-corrected chi connectivity index (χ0v) is 24.3. The summed E-state index contributed by atoms with van der Waals surface area (Å²) in [5.74, 6) is 0.399. The van der Waals surface area contributed by atoms with Crippen LogP contribution in [0, 0.1) is 0 Å². The van der Waals surface area contributed by atoms with Gasteiger partial charge in [0.05, 0.1) is 16.5 Å². The highest BCUT2D eigenvalue weighted by Gasteiger charge is 2.39. The number of rotatable bonds is 7. The summed E-state index contributed by atoms with van der Waals surface area (Å²) in [6, 6.07) is 10.2. The number of piperazine rings is 1. The first-order chi connectivity index (χ1) is 19.7. The molecule has 0 radical (unpaired) electrons. The van der Waals surface area contributed by atoms with Crippen molar-refractivity contribution in [2.24, 2.45) is 0 Å². The number of nitrogens with zero attached hydrogens (tertiary/aromatic N) is 5. The summed E-state index contributed by atoms with van der Waals surface area (Å²) in [5, 5.41) is 18.4. The molecule has 2 aliphatic heterocycles. The fraction of sp³-hybridized carbons (Fsp3) is 0.552. The molecule has 1 saturated carbocycles. The lowest BCUT2D eigenvalue weighted by molar-refractivity contribution is 0.0267. The predicted octanol–water partition coefficient (Wildman–Crippen LogP) is 1.94. The maximum atomic E-state index is 13.5. The van der Waals surface area contributed by atoms with Gasteiger partial charge < -0.3 is 15.7 Å². The lowest BCUT2D eigenvalue weighted by atomic mass is 10.00. The van der Waals surface area contributed by atoms with E-state index >= 15 is 0 Å². The summed E-state index contributed by atoms with van der Waals surface area (Å²) in [7, 11) is -3.60. The smallest absolute Gasteiger partial charge is 0.252 e. The van der Waals surface area contributed by atoms with E-state index in [4.69, 9.17) is 4.98 Å². The lowest BCUT2D eigenvalue weighted by Crippen LogP contribution is -2.43. The maximum Gasteiger partial charge on any atom is 0.252 e. The number of benzene rings is 1. The minimum atomic E-state index is -3.60. The molecule has 2 unspecified atom stereocenters. The molecule has 1 aliphatic carbocycles. The van der Waals surface area contributed by atoms with Crippen LogP contribution >= 0.6 is 0 Å². The molecule has 3 aliphatic rings. The van der Waals surface area contributed by atoms with Gasteiger partial charge in [0.1, 0.15) is 5.65 Å². The van der Waals surface area contributed by atoms with E-state index in [1.807, 2.05) is 18.2 Å². The fourth-order valence-corrected chi connectivity index (χ4v) is 7.99. The molecule has 0 bridgehead atoms. The van der Waals surface area contributed by atoms with Crippen molar-refractivity contribution in [2.75, 3.05) is 44.6 Å². The molecule has 3 aromatic rings. The predicted molar refractivity (Wildman–Crippen MR) is 157 cm³/mol. The Balaban J connectivity index is 1.13. The summed E-state index contributed by atoms with van der Waals surface area (Å²) in [5.41, 5.74) is 0.350. The quantitative estimate of drug-likeness (QED) is 0.383. The van der Waals surface area contributed by atoms with Crippen molar-refractivity contribution in [2.45, 2.75) is 68.2 Å². The van der Waals surface area contributed by atoms with E-state index in [2.05, 4.69) is 20.5 Å². The second kappa shape index (κ2) is 11.4.